The van der Waals surface area contributed by atoms with Crippen LogP contribution in [0.25, 0.3) is 0 Å². The number of aromatic nitrogens is 1. The molecule has 1 aromatic heterocycles. The molecule has 5 aliphatic rings. The number of allylic oxidation sites excluding steroid dienone is 3. The Balaban J connectivity index is 1.09. The van der Waals surface area contributed by atoms with Crippen molar-refractivity contribution in [3.63, 3.8) is 0 Å². The summed E-state index contributed by atoms with van der Waals surface area (Å²) in [6.45, 7) is 2.98. The fraction of sp³-hybridized carbons (Fsp3) is 0.382. The molecule has 2 unspecified atom stereocenters. The van der Waals surface area contributed by atoms with Gasteiger partial charge in [-0.25, -0.2) is 13.8 Å². The Kier molecular flexibility index (Phi) is 7.07. The predicted octanol–water partition coefficient (Wildman–Crippen LogP) is 3.41. The molecule has 45 heavy (non-hydrogen) atoms. The number of amides is 3. The fourth-order valence-corrected chi connectivity index (χ4v) is 7.64. The van der Waals surface area contributed by atoms with Crippen molar-refractivity contribution < 1.29 is 27.9 Å². The smallest absolute Gasteiger partial charge is 0.245 e. The molecule has 9 nitrogen and oxygen atoms in total. The molecule has 11 heteroatoms. The molecule has 3 amide bonds. The summed E-state index contributed by atoms with van der Waals surface area (Å²) in [6, 6.07) is 4.18. The van der Waals surface area contributed by atoms with Crippen LogP contribution >= 0.6 is 0 Å². The average Bonchev–Trinajstić information content (AvgIpc) is 3.48. The Morgan fingerprint density at radius 2 is 1.91 bits per heavy atom. The van der Waals surface area contributed by atoms with E-state index in [0.717, 1.165) is 22.8 Å². The summed E-state index contributed by atoms with van der Waals surface area (Å²) in [5.74, 6) is -2.06. The van der Waals surface area contributed by atoms with Crippen molar-refractivity contribution >= 4 is 23.5 Å². The van der Waals surface area contributed by atoms with Crippen LogP contribution in [0.2, 0.25) is 0 Å². The first-order chi connectivity index (χ1) is 21.6. The van der Waals surface area contributed by atoms with Crippen molar-refractivity contribution in [1.29, 1.82) is 0 Å². The molecule has 3 spiro atoms. The van der Waals surface area contributed by atoms with Gasteiger partial charge < -0.3 is 25.6 Å². The number of anilines is 1. The van der Waals surface area contributed by atoms with Crippen molar-refractivity contribution in [3.8, 4) is 0 Å². The number of halogens is 2. The lowest BCUT2D eigenvalue weighted by molar-refractivity contribution is -0.207. The molecule has 2 saturated heterocycles. The lowest BCUT2D eigenvalue weighted by atomic mass is 9.55. The molecular formula is C34H33F2N5O4. The van der Waals surface area contributed by atoms with E-state index in [2.05, 4.69) is 26.7 Å². The van der Waals surface area contributed by atoms with Crippen LogP contribution in [0.1, 0.15) is 42.5 Å². The highest BCUT2D eigenvalue weighted by Gasteiger charge is 2.64. The standard InChI is InChI=1S/C34H33F2N5O4/c1-2-3-4-5-6-24-14-38-30(43)33(24)11-22-9-28(37-13-23(22)12-33)40-29(42)16-41-27(21-7-25(35)10-26(36)8-21)15-39-34(31(41)44)17-32(18-34)19-45-20-32/h2,4-10,13-14,27,39H,11-12,15-20H2,1H3,(H,38,43)(H,37,40,42)/b6-5-. The molecule has 1 saturated carbocycles. The van der Waals surface area contributed by atoms with Crippen LogP contribution in [-0.2, 0) is 32.0 Å². The lowest BCUT2D eigenvalue weighted by Gasteiger charge is -2.62. The Morgan fingerprint density at radius 3 is 2.62 bits per heavy atom. The van der Waals surface area contributed by atoms with Gasteiger partial charge in [0, 0.05) is 30.4 Å². The first-order valence-corrected chi connectivity index (χ1v) is 15.1. The second-order valence-electron chi connectivity index (χ2n) is 12.8. The topological polar surface area (TPSA) is 113 Å². The van der Waals surface area contributed by atoms with Gasteiger partial charge in [0.15, 0.2) is 0 Å². The molecule has 1 aromatic carbocycles. The highest BCUT2D eigenvalue weighted by molar-refractivity contribution is 5.97. The zero-order valence-corrected chi connectivity index (χ0v) is 24.8. The van der Waals surface area contributed by atoms with E-state index in [1.807, 2.05) is 19.1 Å². The number of hydrogen-bond acceptors (Lipinski definition) is 6. The van der Waals surface area contributed by atoms with Gasteiger partial charge in [-0.3, -0.25) is 14.4 Å². The van der Waals surface area contributed by atoms with Crippen LogP contribution in [-0.4, -0.2) is 59.4 Å². The Morgan fingerprint density at radius 1 is 1.16 bits per heavy atom. The summed E-state index contributed by atoms with van der Waals surface area (Å²) in [6.07, 6.45) is 12.8. The number of nitrogens with zero attached hydrogens (tertiary/aromatic N) is 2. The first kappa shape index (κ1) is 29.3. The second kappa shape index (κ2) is 10.9. The van der Waals surface area contributed by atoms with Gasteiger partial charge in [-0.05, 0) is 85.2 Å². The van der Waals surface area contributed by atoms with Gasteiger partial charge in [-0.15, -0.1) is 5.73 Å². The zero-order valence-electron chi connectivity index (χ0n) is 24.8. The molecule has 7 rings (SSSR count). The molecule has 232 valence electrons. The van der Waals surface area contributed by atoms with E-state index in [1.54, 1.807) is 30.6 Å². The summed E-state index contributed by atoms with van der Waals surface area (Å²) >= 11 is 0. The van der Waals surface area contributed by atoms with Gasteiger partial charge in [0.1, 0.15) is 24.0 Å². The molecule has 2 aliphatic carbocycles. The Labute approximate surface area is 259 Å². The van der Waals surface area contributed by atoms with E-state index >= 15 is 0 Å². The normalized spacial score (nSPS) is 25.4. The first-order valence-electron chi connectivity index (χ1n) is 15.1. The van der Waals surface area contributed by atoms with Crippen molar-refractivity contribution in [2.75, 3.05) is 31.6 Å². The summed E-state index contributed by atoms with van der Waals surface area (Å²) in [7, 11) is 0. The minimum Gasteiger partial charge on any atom is -0.380 e. The monoisotopic (exact) mass is 613 g/mol. The van der Waals surface area contributed by atoms with E-state index in [0.29, 0.717) is 44.7 Å². The van der Waals surface area contributed by atoms with Crippen LogP contribution in [0, 0.1) is 22.5 Å². The summed E-state index contributed by atoms with van der Waals surface area (Å²) in [4.78, 5) is 46.3. The molecule has 2 aromatic rings. The van der Waals surface area contributed by atoms with Gasteiger partial charge in [-0.2, -0.15) is 0 Å². The van der Waals surface area contributed by atoms with Gasteiger partial charge in [0.25, 0.3) is 0 Å². The number of carbonyl (C=O) groups is 3. The Bertz CT molecular complexity index is 1710. The third-order valence-electron chi connectivity index (χ3n) is 9.75. The van der Waals surface area contributed by atoms with Gasteiger partial charge >= 0.3 is 0 Å². The number of nitrogens with one attached hydrogen (secondary N) is 3. The van der Waals surface area contributed by atoms with Gasteiger partial charge in [0.2, 0.25) is 17.7 Å². The molecule has 3 fully saturated rings. The number of benzene rings is 1. The molecule has 2 atom stereocenters. The molecule has 0 bridgehead atoms. The minimum absolute atomic E-state index is 0.0373. The number of rotatable bonds is 6. The molecule has 3 aliphatic heterocycles. The number of ether oxygens (including phenoxy) is 1. The van der Waals surface area contributed by atoms with Gasteiger partial charge in [0.05, 0.1) is 30.2 Å². The summed E-state index contributed by atoms with van der Waals surface area (Å²) in [5, 5.41) is 8.99. The second-order valence-corrected chi connectivity index (χ2v) is 12.8. The fourth-order valence-electron chi connectivity index (χ4n) is 7.64. The van der Waals surface area contributed by atoms with Crippen molar-refractivity contribution in [1.82, 2.24) is 20.5 Å². The van der Waals surface area contributed by atoms with Crippen LogP contribution in [0.5, 0.6) is 0 Å². The SMILES string of the molecule is CC=C=C/C=C\C1=CNC(=O)C12Cc1cnc(NC(=O)CN3C(=O)C4(CC5(COC5)C4)NCC3c3cc(F)cc(F)c3)cc1C2. The lowest BCUT2D eigenvalue weighted by Crippen LogP contribution is -2.76. The van der Waals surface area contributed by atoms with E-state index in [9.17, 15) is 23.2 Å². The minimum atomic E-state index is -0.837. The maximum atomic E-state index is 14.2. The number of hydrogen-bond donors (Lipinski definition) is 3. The highest BCUT2D eigenvalue weighted by Crippen LogP contribution is 2.55. The molecule has 4 heterocycles. The molecule has 3 N–H and O–H groups in total. The quantitative estimate of drug-likeness (QED) is 0.340. The van der Waals surface area contributed by atoms with E-state index in [-0.39, 0.29) is 35.9 Å². The van der Waals surface area contributed by atoms with Crippen molar-refractivity contribution in [2.45, 2.75) is 44.2 Å². The largest absolute Gasteiger partial charge is 0.380 e. The third-order valence-corrected chi connectivity index (χ3v) is 9.75. The average molecular weight is 614 g/mol. The number of pyridine rings is 1. The highest BCUT2D eigenvalue weighted by atomic mass is 19.1. The van der Waals surface area contributed by atoms with Crippen molar-refractivity contribution in [3.05, 3.63) is 101 Å². The van der Waals surface area contributed by atoms with E-state index in [4.69, 9.17) is 4.74 Å². The van der Waals surface area contributed by atoms with E-state index in [1.165, 1.54) is 17.0 Å². The summed E-state index contributed by atoms with van der Waals surface area (Å²) < 4.78 is 33.8. The van der Waals surface area contributed by atoms with E-state index < -0.39 is 34.5 Å². The number of fused-ring (bicyclic) bond motifs is 1. The number of piperazine rings is 1. The van der Waals surface area contributed by atoms with Gasteiger partial charge in [-0.1, -0.05) is 12.2 Å². The summed E-state index contributed by atoms with van der Waals surface area (Å²) in [5.41, 5.74) is 4.30. The van der Waals surface area contributed by atoms with Crippen LogP contribution in [0.4, 0.5) is 14.6 Å². The third kappa shape index (κ3) is 5.01. The van der Waals surface area contributed by atoms with Crippen LogP contribution < -0.4 is 16.0 Å². The molecule has 0 radical (unpaired) electrons. The maximum Gasteiger partial charge on any atom is 0.245 e. The van der Waals surface area contributed by atoms with Crippen LogP contribution in [0.3, 0.4) is 0 Å². The molecular weight excluding hydrogens is 580 g/mol. The number of carbonyl (C=O) groups excluding carboxylic acids is 3. The van der Waals surface area contributed by atoms with Crippen molar-refractivity contribution in [2.24, 2.45) is 10.8 Å². The Hall–Kier alpha value is -4.44. The zero-order chi connectivity index (χ0) is 31.4. The maximum absolute atomic E-state index is 14.2. The van der Waals surface area contributed by atoms with Crippen LogP contribution in [0.15, 0.2) is 72.3 Å². The predicted molar refractivity (Wildman–Crippen MR) is 160 cm³/mol.